The van der Waals surface area contributed by atoms with Crippen LogP contribution in [-0.4, -0.2) is 15.1 Å². The van der Waals surface area contributed by atoms with Gasteiger partial charge in [0.05, 0.1) is 22.9 Å². The van der Waals surface area contributed by atoms with Gasteiger partial charge in [-0.05, 0) is 79.0 Å². The van der Waals surface area contributed by atoms with Gasteiger partial charge in [0.15, 0.2) is 5.82 Å². The van der Waals surface area contributed by atoms with Crippen LogP contribution in [-0.2, 0) is 6.61 Å². The van der Waals surface area contributed by atoms with Crippen LogP contribution >= 0.6 is 11.3 Å². The van der Waals surface area contributed by atoms with Crippen molar-refractivity contribution >= 4 is 22.7 Å². The van der Waals surface area contributed by atoms with Crippen molar-refractivity contribution in [1.82, 2.24) is 9.97 Å². The van der Waals surface area contributed by atoms with Gasteiger partial charge in [-0.1, -0.05) is 12.1 Å². The number of aromatic nitrogens is 2. The molecule has 1 saturated carbocycles. The van der Waals surface area contributed by atoms with E-state index in [-0.39, 0.29) is 6.61 Å². The molecule has 5 heteroatoms. The van der Waals surface area contributed by atoms with Crippen molar-refractivity contribution in [2.45, 2.75) is 40.2 Å². The predicted octanol–water partition coefficient (Wildman–Crippen LogP) is 5.24. The average molecular weight is 378 g/mol. The second kappa shape index (κ2) is 7.25. The van der Waals surface area contributed by atoms with Gasteiger partial charge in [0.25, 0.3) is 0 Å². The van der Waals surface area contributed by atoms with Crippen LogP contribution < -0.4 is 5.32 Å². The van der Waals surface area contributed by atoms with Crippen LogP contribution in [0, 0.1) is 20.8 Å². The fourth-order valence-corrected chi connectivity index (χ4v) is 4.22. The predicted molar refractivity (Wildman–Crippen MR) is 112 cm³/mol. The number of hydrogen-bond donors (Lipinski definition) is 2. The van der Waals surface area contributed by atoms with E-state index in [0.29, 0.717) is 0 Å². The first-order chi connectivity index (χ1) is 13.1. The summed E-state index contributed by atoms with van der Waals surface area (Å²) in [5.74, 6) is 0.748. The maximum Gasteiger partial charge on any atom is 0.176 e. The van der Waals surface area contributed by atoms with Gasteiger partial charge in [0.2, 0.25) is 0 Å². The zero-order chi connectivity index (χ0) is 19.0. The van der Waals surface area contributed by atoms with Gasteiger partial charge in [-0.3, -0.25) is 0 Å². The first kappa shape index (κ1) is 17.9. The smallest absolute Gasteiger partial charge is 0.176 e. The Morgan fingerprint density at radius 2 is 1.85 bits per heavy atom. The van der Waals surface area contributed by atoms with Crippen LogP contribution in [0.5, 0.6) is 0 Å². The van der Waals surface area contributed by atoms with E-state index in [1.165, 1.54) is 16.0 Å². The number of aryl methyl sites for hydroxylation is 3. The maximum atomic E-state index is 9.43. The monoisotopic (exact) mass is 377 g/mol. The Bertz CT molecular complexity index is 1010. The molecule has 1 fully saturated rings. The molecule has 2 heterocycles. The summed E-state index contributed by atoms with van der Waals surface area (Å²) < 4.78 is 0. The molecule has 0 amide bonds. The van der Waals surface area contributed by atoms with Crippen LogP contribution in [0.15, 0.2) is 41.4 Å². The zero-order valence-electron chi connectivity index (χ0n) is 15.8. The first-order valence-corrected chi connectivity index (χ1v) is 10.0. The summed E-state index contributed by atoms with van der Waals surface area (Å²) in [6, 6.07) is 8.15. The lowest BCUT2D eigenvalue weighted by molar-refractivity contribution is 0.281. The fourth-order valence-electron chi connectivity index (χ4n) is 3.32. The third-order valence-corrected chi connectivity index (χ3v) is 5.89. The van der Waals surface area contributed by atoms with Crippen molar-refractivity contribution in [3.05, 3.63) is 69.5 Å². The minimum atomic E-state index is 0.0568. The number of nitrogens with zero attached hydrogens (tertiary/aromatic N) is 2. The van der Waals surface area contributed by atoms with Crippen molar-refractivity contribution in [3.63, 3.8) is 0 Å². The molecule has 4 rings (SSSR count). The van der Waals surface area contributed by atoms with Gasteiger partial charge >= 0.3 is 0 Å². The molecule has 1 aromatic carbocycles. The van der Waals surface area contributed by atoms with E-state index in [2.05, 4.69) is 42.5 Å². The number of benzene rings is 1. The average Bonchev–Trinajstić information content (AvgIpc) is 3.41. The highest BCUT2D eigenvalue weighted by atomic mass is 32.1. The summed E-state index contributed by atoms with van der Waals surface area (Å²) >= 11 is 1.71. The summed E-state index contributed by atoms with van der Waals surface area (Å²) in [5.41, 5.74) is 8.83. The van der Waals surface area contributed by atoms with Crippen molar-refractivity contribution in [2.75, 3.05) is 5.32 Å². The Morgan fingerprint density at radius 1 is 1.11 bits per heavy atom. The summed E-state index contributed by atoms with van der Waals surface area (Å²) in [4.78, 5) is 10.6. The van der Waals surface area contributed by atoms with Crippen molar-refractivity contribution in [2.24, 2.45) is 0 Å². The van der Waals surface area contributed by atoms with Gasteiger partial charge in [-0.2, -0.15) is 0 Å². The van der Waals surface area contributed by atoms with Gasteiger partial charge in [-0.25, -0.2) is 9.97 Å². The third kappa shape index (κ3) is 3.66. The molecule has 0 unspecified atom stereocenters. The van der Waals surface area contributed by atoms with E-state index >= 15 is 0 Å². The molecule has 0 spiro atoms. The minimum absolute atomic E-state index is 0.0568. The minimum Gasteiger partial charge on any atom is -0.392 e. The van der Waals surface area contributed by atoms with Crippen LogP contribution in [0.3, 0.4) is 0 Å². The largest absolute Gasteiger partial charge is 0.392 e. The normalized spacial score (nSPS) is 13.0. The summed E-state index contributed by atoms with van der Waals surface area (Å²) in [7, 11) is 0. The molecule has 27 heavy (non-hydrogen) atoms. The number of aliphatic hydroxyl groups excluding tert-OH is 1. The highest BCUT2D eigenvalue weighted by Crippen LogP contribution is 2.38. The molecule has 2 aromatic heterocycles. The number of nitrogens with one attached hydrogen (secondary N) is 1. The van der Waals surface area contributed by atoms with Gasteiger partial charge in [-0.15, -0.1) is 11.3 Å². The molecule has 0 radical (unpaired) electrons. The number of rotatable bonds is 5. The Labute approximate surface area is 163 Å². The second-order valence-electron chi connectivity index (χ2n) is 7.06. The molecule has 0 bridgehead atoms. The highest BCUT2D eigenvalue weighted by Gasteiger charge is 2.23. The molecule has 4 nitrogen and oxygen atoms in total. The molecule has 0 saturated heterocycles. The molecular formula is C22H23N3OS. The van der Waals surface area contributed by atoms with E-state index in [9.17, 15) is 5.11 Å². The lowest BCUT2D eigenvalue weighted by Gasteiger charge is -2.16. The molecular weight excluding hydrogens is 354 g/mol. The zero-order valence-corrected chi connectivity index (χ0v) is 16.7. The molecule has 1 aliphatic rings. The number of aliphatic hydroxyl groups is 1. The van der Waals surface area contributed by atoms with Crippen LogP contribution in [0.25, 0.3) is 16.3 Å². The number of allylic oxidation sites excluding steroid dienone is 1. The number of hydrogen-bond acceptors (Lipinski definition) is 5. The first-order valence-electron chi connectivity index (χ1n) is 9.14. The second-order valence-corrected chi connectivity index (χ2v) is 7.98. The third-order valence-electron chi connectivity index (χ3n) is 4.85. The SMILES string of the molecule is Cc1ccsc1-c1ccnc(C(Nc2c(C)cc(CO)cc2C)=C2CC2)n1. The quantitative estimate of drug-likeness (QED) is 0.638. The Kier molecular flexibility index (Phi) is 4.81. The highest BCUT2D eigenvalue weighted by molar-refractivity contribution is 7.13. The maximum absolute atomic E-state index is 9.43. The molecule has 1 aliphatic carbocycles. The van der Waals surface area contributed by atoms with Crippen molar-refractivity contribution in [3.8, 4) is 10.6 Å². The summed E-state index contributed by atoms with van der Waals surface area (Å²) in [6.07, 6.45) is 4.01. The Morgan fingerprint density at radius 3 is 2.44 bits per heavy atom. The van der Waals surface area contributed by atoms with E-state index < -0.39 is 0 Å². The molecule has 3 aromatic rings. The van der Waals surface area contributed by atoms with Gasteiger partial charge < -0.3 is 10.4 Å². The van der Waals surface area contributed by atoms with Gasteiger partial charge in [0.1, 0.15) is 0 Å². The standard InChI is InChI=1S/C22H23N3OS/c1-13-7-9-27-21(13)18-6-8-23-22(24-18)20(17-4-5-17)25-19-14(2)10-16(12-26)11-15(19)3/h6-11,25-26H,4-5,12H2,1-3H3. The molecule has 0 aliphatic heterocycles. The van der Waals surface area contributed by atoms with E-state index in [4.69, 9.17) is 4.98 Å². The van der Waals surface area contributed by atoms with E-state index in [1.54, 1.807) is 11.3 Å². The number of anilines is 1. The summed E-state index contributed by atoms with van der Waals surface area (Å²) in [5, 5.41) is 15.1. The van der Waals surface area contributed by atoms with E-state index in [1.807, 2.05) is 24.4 Å². The van der Waals surface area contributed by atoms with Crippen molar-refractivity contribution < 1.29 is 5.11 Å². The topological polar surface area (TPSA) is 58.0 Å². The lowest BCUT2D eigenvalue weighted by Crippen LogP contribution is -2.07. The Hall–Kier alpha value is -2.50. The molecule has 2 N–H and O–H groups in total. The fraction of sp³-hybridized carbons (Fsp3) is 0.273. The lowest BCUT2D eigenvalue weighted by atomic mass is 10.0. The molecule has 0 atom stereocenters. The molecule has 138 valence electrons. The van der Waals surface area contributed by atoms with Crippen LogP contribution in [0.4, 0.5) is 5.69 Å². The number of thiophene rings is 1. The van der Waals surface area contributed by atoms with Crippen LogP contribution in [0.2, 0.25) is 0 Å². The van der Waals surface area contributed by atoms with Crippen molar-refractivity contribution in [1.29, 1.82) is 0 Å². The summed E-state index contributed by atoms with van der Waals surface area (Å²) in [6.45, 7) is 6.30. The van der Waals surface area contributed by atoms with Crippen LogP contribution in [0.1, 0.15) is 40.9 Å². The Balaban J connectivity index is 1.72. The van der Waals surface area contributed by atoms with E-state index in [0.717, 1.165) is 52.4 Å². The van der Waals surface area contributed by atoms with Gasteiger partial charge in [0, 0.05) is 11.9 Å².